The molecule has 0 heterocycles. The second-order valence-corrected chi connectivity index (χ2v) is 2.19. The fourth-order valence-corrected chi connectivity index (χ4v) is 0.878. The van der Waals surface area contributed by atoms with E-state index in [4.69, 9.17) is 15.5 Å². The fraction of sp³-hybridized carbons (Fsp3) is 0.125. The lowest BCUT2D eigenvalue weighted by Gasteiger charge is -2.02. The molecule has 0 saturated heterocycles. The lowest BCUT2D eigenvalue weighted by Crippen LogP contribution is -1.84. The van der Waals surface area contributed by atoms with Crippen molar-refractivity contribution in [2.75, 3.05) is 7.11 Å². The van der Waals surface area contributed by atoms with E-state index < -0.39 is 0 Å². The van der Waals surface area contributed by atoms with Crippen LogP contribution in [0.1, 0.15) is 5.56 Å². The van der Waals surface area contributed by atoms with Crippen LogP contribution in [0.2, 0.25) is 0 Å². The summed E-state index contributed by atoms with van der Waals surface area (Å²) in [6.07, 6.45) is 0. The molecular formula is C8H6N4O. The Hall–Kier alpha value is -2.18. The Labute approximate surface area is 74.8 Å². The summed E-state index contributed by atoms with van der Waals surface area (Å²) in [5.74, 6) is 0.400. The number of nitrogens with zero attached hydrogens (tertiary/aromatic N) is 4. The van der Waals surface area contributed by atoms with Gasteiger partial charge in [-0.15, -0.1) is 0 Å². The minimum atomic E-state index is 0.379. The van der Waals surface area contributed by atoms with Crippen molar-refractivity contribution in [3.63, 3.8) is 0 Å². The zero-order valence-electron chi connectivity index (χ0n) is 6.93. The average Bonchev–Trinajstić information content (AvgIpc) is 2.19. The predicted octanol–water partition coefficient (Wildman–Crippen LogP) is 2.51. The number of rotatable bonds is 2. The Morgan fingerprint density at radius 1 is 1.62 bits per heavy atom. The molecule has 0 bridgehead atoms. The zero-order chi connectivity index (χ0) is 9.68. The van der Waals surface area contributed by atoms with E-state index in [1.165, 1.54) is 19.2 Å². The van der Waals surface area contributed by atoms with Crippen molar-refractivity contribution in [2.24, 2.45) is 5.11 Å². The van der Waals surface area contributed by atoms with Crippen LogP contribution in [0.25, 0.3) is 10.4 Å². The molecule has 0 saturated carbocycles. The van der Waals surface area contributed by atoms with Gasteiger partial charge in [-0.3, -0.25) is 0 Å². The monoisotopic (exact) mass is 174 g/mol. The van der Waals surface area contributed by atoms with Crippen molar-refractivity contribution < 1.29 is 4.74 Å². The molecule has 0 aliphatic carbocycles. The molecule has 13 heavy (non-hydrogen) atoms. The summed E-state index contributed by atoms with van der Waals surface area (Å²) in [5.41, 5.74) is 9.05. The summed E-state index contributed by atoms with van der Waals surface area (Å²) in [4.78, 5) is 2.63. The minimum Gasteiger partial charge on any atom is -0.496 e. The number of benzene rings is 1. The summed E-state index contributed by atoms with van der Waals surface area (Å²) < 4.78 is 4.92. The van der Waals surface area contributed by atoms with Crippen molar-refractivity contribution in [3.05, 3.63) is 34.2 Å². The maximum Gasteiger partial charge on any atom is 0.129 e. The Kier molecular flexibility index (Phi) is 2.74. The van der Waals surface area contributed by atoms with Crippen LogP contribution in [0.5, 0.6) is 5.75 Å². The number of hydrogen-bond acceptors (Lipinski definition) is 3. The molecule has 0 radical (unpaired) electrons. The number of hydrogen-bond donors (Lipinski definition) is 0. The van der Waals surface area contributed by atoms with Crippen molar-refractivity contribution >= 4 is 5.69 Å². The highest BCUT2D eigenvalue weighted by atomic mass is 16.5. The first-order valence-corrected chi connectivity index (χ1v) is 3.45. The van der Waals surface area contributed by atoms with Gasteiger partial charge in [-0.25, -0.2) is 0 Å². The second-order valence-electron chi connectivity index (χ2n) is 2.19. The highest BCUT2D eigenvalue weighted by molar-refractivity contribution is 5.55. The zero-order valence-corrected chi connectivity index (χ0v) is 6.93. The van der Waals surface area contributed by atoms with Crippen LogP contribution >= 0.6 is 0 Å². The first-order chi connectivity index (χ1) is 6.31. The van der Waals surface area contributed by atoms with Crippen molar-refractivity contribution in [3.8, 4) is 11.8 Å². The largest absolute Gasteiger partial charge is 0.496 e. The van der Waals surface area contributed by atoms with Gasteiger partial charge in [0.05, 0.1) is 24.4 Å². The number of azide groups is 1. The Morgan fingerprint density at radius 3 is 2.92 bits per heavy atom. The van der Waals surface area contributed by atoms with E-state index in [9.17, 15) is 0 Å². The molecule has 0 unspecified atom stereocenters. The molecule has 0 atom stereocenters. The van der Waals surface area contributed by atoms with E-state index in [0.29, 0.717) is 17.0 Å². The Balaban J connectivity index is 3.24. The van der Waals surface area contributed by atoms with Crippen molar-refractivity contribution in [1.82, 2.24) is 0 Å². The predicted molar refractivity (Wildman–Crippen MR) is 46.5 cm³/mol. The smallest absolute Gasteiger partial charge is 0.129 e. The molecule has 5 nitrogen and oxygen atoms in total. The third kappa shape index (κ3) is 1.89. The lowest BCUT2D eigenvalue weighted by atomic mass is 10.2. The van der Waals surface area contributed by atoms with Crippen LogP contribution in [0.4, 0.5) is 5.69 Å². The van der Waals surface area contributed by atoms with Gasteiger partial charge in [0.1, 0.15) is 5.75 Å². The van der Waals surface area contributed by atoms with Crippen LogP contribution < -0.4 is 4.74 Å². The third-order valence-electron chi connectivity index (χ3n) is 1.46. The van der Waals surface area contributed by atoms with Gasteiger partial charge in [0.2, 0.25) is 0 Å². The van der Waals surface area contributed by atoms with Gasteiger partial charge in [0.25, 0.3) is 0 Å². The van der Waals surface area contributed by atoms with Crippen LogP contribution in [0, 0.1) is 11.3 Å². The molecule has 0 fully saturated rings. The fourth-order valence-electron chi connectivity index (χ4n) is 0.878. The van der Waals surface area contributed by atoms with E-state index in [1.807, 2.05) is 6.07 Å². The van der Waals surface area contributed by atoms with Gasteiger partial charge in [-0.05, 0) is 23.7 Å². The van der Waals surface area contributed by atoms with Gasteiger partial charge < -0.3 is 4.74 Å². The maximum absolute atomic E-state index is 8.57. The summed E-state index contributed by atoms with van der Waals surface area (Å²) in [6.45, 7) is 0. The first-order valence-electron chi connectivity index (χ1n) is 3.45. The van der Waals surface area contributed by atoms with Crippen molar-refractivity contribution in [2.45, 2.75) is 0 Å². The normalized spacial score (nSPS) is 8.31. The molecular weight excluding hydrogens is 168 g/mol. The van der Waals surface area contributed by atoms with Crippen LogP contribution in [0.15, 0.2) is 23.3 Å². The van der Waals surface area contributed by atoms with Crippen molar-refractivity contribution in [1.29, 1.82) is 5.26 Å². The summed E-state index contributed by atoms with van der Waals surface area (Å²) in [6, 6.07) is 6.57. The number of ether oxygens (including phenoxy) is 1. The first kappa shape index (κ1) is 8.91. The molecule has 1 aromatic carbocycles. The molecule has 0 spiro atoms. The Bertz CT molecular complexity index is 401. The number of methoxy groups -OCH3 is 1. The van der Waals surface area contributed by atoms with E-state index in [0.717, 1.165) is 0 Å². The topological polar surface area (TPSA) is 81.8 Å². The van der Waals surface area contributed by atoms with E-state index in [-0.39, 0.29) is 0 Å². The number of nitriles is 1. The van der Waals surface area contributed by atoms with Gasteiger partial charge in [0, 0.05) is 4.91 Å². The van der Waals surface area contributed by atoms with Gasteiger partial charge in [0.15, 0.2) is 0 Å². The van der Waals surface area contributed by atoms with Crippen LogP contribution in [-0.2, 0) is 0 Å². The van der Waals surface area contributed by atoms with E-state index in [2.05, 4.69) is 10.0 Å². The summed E-state index contributed by atoms with van der Waals surface area (Å²) in [7, 11) is 1.45. The molecule has 64 valence electrons. The molecule has 5 heteroatoms. The lowest BCUT2D eigenvalue weighted by molar-refractivity contribution is 0.416. The molecule has 1 aromatic rings. The molecule has 1 rings (SSSR count). The SMILES string of the molecule is COc1cc(C#N)ccc1N=[N+]=[N-]. The molecule has 0 aliphatic rings. The highest BCUT2D eigenvalue weighted by Crippen LogP contribution is 2.27. The maximum atomic E-state index is 8.57. The highest BCUT2D eigenvalue weighted by Gasteiger charge is 2.01. The summed E-state index contributed by atoms with van der Waals surface area (Å²) >= 11 is 0. The standard InChI is InChI=1S/C8H6N4O/c1-13-8-4-6(5-9)2-3-7(8)11-12-10/h2-4H,1H3. The molecule has 0 N–H and O–H groups in total. The van der Waals surface area contributed by atoms with Gasteiger partial charge >= 0.3 is 0 Å². The van der Waals surface area contributed by atoms with E-state index >= 15 is 0 Å². The Morgan fingerprint density at radius 2 is 2.38 bits per heavy atom. The molecule has 0 amide bonds. The molecule has 0 aliphatic heterocycles. The molecule has 0 aromatic heterocycles. The summed E-state index contributed by atoms with van der Waals surface area (Å²) in [5, 5.41) is 12.0. The van der Waals surface area contributed by atoms with E-state index in [1.54, 1.807) is 6.07 Å². The third-order valence-corrected chi connectivity index (χ3v) is 1.46. The van der Waals surface area contributed by atoms with Crippen LogP contribution in [0.3, 0.4) is 0 Å². The van der Waals surface area contributed by atoms with Gasteiger partial charge in [-0.2, -0.15) is 5.26 Å². The van der Waals surface area contributed by atoms with Crippen LogP contribution in [-0.4, -0.2) is 7.11 Å². The quantitative estimate of drug-likeness (QED) is 0.392. The van der Waals surface area contributed by atoms with Gasteiger partial charge in [-0.1, -0.05) is 5.11 Å². The average molecular weight is 174 g/mol. The second kappa shape index (κ2) is 4.00. The minimum absolute atomic E-state index is 0.379.